The molecule has 0 saturated heterocycles. The molecule has 0 aliphatic carbocycles. The van der Waals surface area contributed by atoms with Crippen LogP contribution >= 0.6 is 0 Å². The van der Waals surface area contributed by atoms with Crippen LogP contribution in [0.4, 0.5) is 0 Å². The van der Waals surface area contributed by atoms with Gasteiger partial charge in [0.15, 0.2) is 0 Å². The molecule has 1 aliphatic rings. The average molecular weight is 477 g/mol. The second-order valence-corrected chi connectivity index (χ2v) is 11.1. The highest BCUT2D eigenvalue weighted by Gasteiger charge is 2.24. The third-order valence-electron chi connectivity index (χ3n) is 7.82. The van der Waals surface area contributed by atoms with Gasteiger partial charge in [0.2, 0.25) is 0 Å². The van der Waals surface area contributed by atoms with E-state index in [1.807, 2.05) is 0 Å². The number of unbranched alkanes of at least 4 members (excludes halogenated alkanes) is 20. The van der Waals surface area contributed by atoms with Crippen molar-refractivity contribution in [3.8, 4) is 0 Å². The van der Waals surface area contributed by atoms with Gasteiger partial charge < -0.3 is 9.80 Å². The SMILES string of the molecule is CCCCCCCCCCCCCCCCCCN1C=CN(CCCCCC)C1CCCCC. The molecular formula is C32H64N2. The maximum Gasteiger partial charge on any atom is 0.101 e. The van der Waals surface area contributed by atoms with Crippen molar-refractivity contribution in [2.45, 2.75) is 181 Å². The molecule has 202 valence electrons. The van der Waals surface area contributed by atoms with E-state index in [-0.39, 0.29) is 0 Å². The molecule has 1 unspecified atom stereocenters. The maximum atomic E-state index is 2.67. The Kier molecular flexibility index (Phi) is 22.2. The summed E-state index contributed by atoms with van der Waals surface area (Å²) in [7, 11) is 0. The highest BCUT2D eigenvalue weighted by molar-refractivity contribution is 4.96. The Morgan fingerprint density at radius 3 is 1.06 bits per heavy atom. The molecule has 1 aliphatic heterocycles. The normalized spacial score (nSPS) is 15.7. The van der Waals surface area contributed by atoms with Crippen molar-refractivity contribution in [1.29, 1.82) is 0 Å². The third kappa shape index (κ3) is 16.9. The van der Waals surface area contributed by atoms with Crippen molar-refractivity contribution in [3.05, 3.63) is 12.4 Å². The van der Waals surface area contributed by atoms with E-state index < -0.39 is 0 Å². The summed E-state index contributed by atoms with van der Waals surface area (Å²) in [6.07, 6.45) is 39.6. The zero-order chi connectivity index (χ0) is 24.5. The first-order valence-corrected chi connectivity index (χ1v) is 16.0. The van der Waals surface area contributed by atoms with Gasteiger partial charge in [0.05, 0.1) is 0 Å². The van der Waals surface area contributed by atoms with E-state index in [9.17, 15) is 0 Å². The Morgan fingerprint density at radius 1 is 0.382 bits per heavy atom. The van der Waals surface area contributed by atoms with Crippen molar-refractivity contribution in [3.63, 3.8) is 0 Å². The first-order chi connectivity index (χ1) is 16.8. The van der Waals surface area contributed by atoms with Gasteiger partial charge in [-0.15, -0.1) is 0 Å². The summed E-state index contributed by atoms with van der Waals surface area (Å²) >= 11 is 0. The second-order valence-electron chi connectivity index (χ2n) is 11.1. The number of rotatable bonds is 26. The molecule has 0 N–H and O–H groups in total. The van der Waals surface area contributed by atoms with Gasteiger partial charge in [-0.2, -0.15) is 0 Å². The minimum absolute atomic E-state index is 0.643. The molecule has 1 heterocycles. The highest BCUT2D eigenvalue weighted by Crippen LogP contribution is 2.23. The van der Waals surface area contributed by atoms with Crippen LogP contribution in [0.3, 0.4) is 0 Å². The lowest BCUT2D eigenvalue weighted by atomic mass is 10.0. The van der Waals surface area contributed by atoms with E-state index in [1.54, 1.807) is 0 Å². The Balaban J connectivity index is 2.00. The first-order valence-electron chi connectivity index (χ1n) is 16.0. The molecule has 1 rings (SSSR count). The number of nitrogens with zero attached hydrogens (tertiary/aromatic N) is 2. The van der Waals surface area contributed by atoms with Gasteiger partial charge >= 0.3 is 0 Å². The van der Waals surface area contributed by atoms with Crippen molar-refractivity contribution in [2.24, 2.45) is 0 Å². The Labute approximate surface area is 216 Å². The maximum absolute atomic E-state index is 2.67. The fourth-order valence-electron chi connectivity index (χ4n) is 5.48. The molecule has 2 heteroatoms. The molecule has 1 atom stereocenters. The van der Waals surface area contributed by atoms with E-state index in [0.717, 1.165) is 0 Å². The fourth-order valence-corrected chi connectivity index (χ4v) is 5.48. The zero-order valence-corrected chi connectivity index (χ0v) is 24.0. The van der Waals surface area contributed by atoms with Crippen molar-refractivity contribution < 1.29 is 0 Å². The fraction of sp³-hybridized carbons (Fsp3) is 0.938. The lowest BCUT2D eigenvalue weighted by Gasteiger charge is -2.33. The summed E-state index contributed by atoms with van der Waals surface area (Å²) in [4.78, 5) is 5.32. The van der Waals surface area contributed by atoms with E-state index >= 15 is 0 Å². The van der Waals surface area contributed by atoms with Crippen molar-refractivity contribution in [1.82, 2.24) is 9.80 Å². The average Bonchev–Trinajstić information content (AvgIpc) is 3.23. The Morgan fingerprint density at radius 2 is 0.676 bits per heavy atom. The van der Waals surface area contributed by atoms with Gasteiger partial charge in [0.1, 0.15) is 6.17 Å². The van der Waals surface area contributed by atoms with Crippen LogP contribution in [-0.4, -0.2) is 29.1 Å². The summed E-state index contributed by atoms with van der Waals surface area (Å²) < 4.78 is 0. The number of hydrogen-bond acceptors (Lipinski definition) is 2. The van der Waals surface area contributed by atoms with E-state index in [2.05, 4.69) is 43.0 Å². The van der Waals surface area contributed by atoms with Gasteiger partial charge in [-0.25, -0.2) is 0 Å². The molecular weight excluding hydrogens is 412 g/mol. The lowest BCUT2D eigenvalue weighted by molar-refractivity contribution is 0.136. The Bertz CT molecular complexity index is 433. The standard InChI is InChI=1S/C32H64N2/c1-4-7-10-12-13-14-15-16-17-18-19-20-21-22-23-26-29-34-31-30-33(28-25-11-8-5-2)32(34)27-24-9-6-3/h30-32H,4-29H2,1-3H3. The molecule has 0 amide bonds. The van der Waals surface area contributed by atoms with E-state index in [1.165, 1.54) is 167 Å². The molecule has 34 heavy (non-hydrogen) atoms. The molecule has 0 fully saturated rings. The molecule has 2 nitrogen and oxygen atoms in total. The molecule has 0 saturated carbocycles. The predicted octanol–water partition coefficient (Wildman–Crippen LogP) is 10.8. The third-order valence-corrected chi connectivity index (χ3v) is 7.82. The molecule has 0 spiro atoms. The summed E-state index contributed by atoms with van der Waals surface area (Å²) in [6, 6.07) is 0. The predicted molar refractivity (Wildman–Crippen MR) is 154 cm³/mol. The van der Waals surface area contributed by atoms with Crippen LogP contribution in [0.5, 0.6) is 0 Å². The second kappa shape index (κ2) is 24.1. The van der Waals surface area contributed by atoms with Crippen LogP contribution in [0.1, 0.15) is 175 Å². The largest absolute Gasteiger partial charge is 0.356 e. The van der Waals surface area contributed by atoms with Gasteiger partial charge in [-0.3, -0.25) is 0 Å². The smallest absolute Gasteiger partial charge is 0.101 e. The van der Waals surface area contributed by atoms with Crippen molar-refractivity contribution in [2.75, 3.05) is 13.1 Å². The Hall–Kier alpha value is -0.660. The molecule has 0 aromatic carbocycles. The van der Waals surface area contributed by atoms with Crippen LogP contribution in [0.2, 0.25) is 0 Å². The zero-order valence-electron chi connectivity index (χ0n) is 24.0. The summed E-state index contributed by atoms with van der Waals surface area (Å²) in [5.74, 6) is 0. The summed E-state index contributed by atoms with van der Waals surface area (Å²) in [5.41, 5.74) is 0. The number of hydrogen-bond donors (Lipinski definition) is 0. The highest BCUT2D eigenvalue weighted by atomic mass is 15.4. The molecule has 0 radical (unpaired) electrons. The van der Waals surface area contributed by atoms with Crippen LogP contribution in [0.25, 0.3) is 0 Å². The first kappa shape index (κ1) is 31.4. The van der Waals surface area contributed by atoms with Crippen LogP contribution in [0, 0.1) is 0 Å². The van der Waals surface area contributed by atoms with Crippen molar-refractivity contribution >= 4 is 0 Å². The van der Waals surface area contributed by atoms with E-state index in [0.29, 0.717) is 6.17 Å². The van der Waals surface area contributed by atoms with Gasteiger partial charge in [0.25, 0.3) is 0 Å². The van der Waals surface area contributed by atoms with Gasteiger partial charge in [-0.1, -0.05) is 149 Å². The van der Waals surface area contributed by atoms with Gasteiger partial charge in [0, 0.05) is 25.5 Å². The summed E-state index contributed by atoms with van der Waals surface area (Å²) in [5, 5.41) is 0. The molecule has 0 aromatic heterocycles. The molecule has 0 aromatic rings. The monoisotopic (exact) mass is 477 g/mol. The van der Waals surface area contributed by atoms with Crippen LogP contribution in [0.15, 0.2) is 12.4 Å². The topological polar surface area (TPSA) is 6.48 Å². The van der Waals surface area contributed by atoms with E-state index in [4.69, 9.17) is 0 Å². The molecule has 0 bridgehead atoms. The lowest BCUT2D eigenvalue weighted by Crippen LogP contribution is -2.39. The minimum atomic E-state index is 0.643. The quantitative estimate of drug-likeness (QED) is 0.114. The van der Waals surface area contributed by atoms with Gasteiger partial charge in [-0.05, 0) is 25.7 Å². The van der Waals surface area contributed by atoms with Crippen LogP contribution < -0.4 is 0 Å². The minimum Gasteiger partial charge on any atom is -0.356 e. The summed E-state index contributed by atoms with van der Waals surface area (Å²) in [6.45, 7) is 9.45. The van der Waals surface area contributed by atoms with Crippen LogP contribution in [-0.2, 0) is 0 Å².